The topological polar surface area (TPSA) is 68.3 Å². The number of carboxylic acids is 1. The first-order valence-corrected chi connectivity index (χ1v) is 6.94. The van der Waals surface area contributed by atoms with Crippen molar-refractivity contribution in [1.82, 2.24) is 9.55 Å². The third kappa shape index (κ3) is 2.42. The lowest BCUT2D eigenvalue weighted by atomic mass is 10.2. The molecule has 0 aliphatic carbocycles. The molecule has 0 aliphatic heterocycles. The summed E-state index contributed by atoms with van der Waals surface area (Å²) in [5.74, 6) is -0.0806. The summed E-state index contributed by atoms with van der Waals surface area (Å²) in [7, 11) is 0. The van der Waals surface area contributed by atoms with Crippen LogP contribution in [-0.2, 0) is 13.0 Å². The van der Waals surface area contributed by atoms with Gasteiger partial charge in [-0.05, 0) is 24.6 Å². The highest BCUT2D eigenvalue weighted by molar-refractivity contribution is 5.86. The minimum atomic E-state index is -1.04. The number of imidazole rings is 1. The lowest BCUT2D eigenvalue weighted by Crippen LogP contribution is -2.08. The van der Waals surface area contributed by atoms with Gasteiger partial charge in [0.15, 0.2) is 0 Å². The molecule has 0 fully saturated rings. The summed E-state index contributed by atoms with van der Waals surface area (Å²) in [6.45, 7) is 2.55. The number of aryl methyl sites for hydroxylation is 1. The quantitative estimate of drug-likeness (QED) is 0.780. The summed E-state index contributed by atoms with van der Waals surface area (Å²) < 4.78 is 7.12. The van der Waals surface area contributed by atoms with Crippen LogP contribution in [0.2, 0.25) is 0 Å². The summed E-state index contributed by atoms with van der Waals surface area (Å²) in [6.07, 6.45) is 3.26. The zero-order valence-corrected chi connectivity index (χ0v) is 11.7. The summed E-state index contributed by atoms with van der Waals surface area (Å²) in [4.78, 5) is 15.8. The molecule has 0 unspecified atom stereocenters. The first-order valence-electron chi connectivity index (χ1n) is 6.94. The number of aromatic nitrogens is 2. The second-order valence-electron chi connectivity index (χ2n) is 4.93. The van der Waals surface area contributed by atoms with E-state index in [0.717, 1.165) is 29.7 Å². The lowest BCUT2D eigenvalue weighted by Gasteiger charge is -2.08. The number of fused-ring (bicyclic) bond motifs is 1. The highest BCUT2D eigenvalue weighted by Gasteiger charge is 2.17. The Kier molecular flexibility index (Phi) is 3.48. The number of carbonyl (C=O) groups is 1. The molecule has 0 atom stereocenters. The van der Waals surface area contributed by atoms with E-state index in [0.29, 0.717) is 12.1 Å². The average molecular weight is 284 g/mol. The molecule has 0 spiro atoms. The van der Waals surface area contributed by atoms with E-state index in [1.54, 1.807) is 6.07 Å². The third-order valence-electron chi connectivity index (χ3n) is 3.48. The number of hydrogen-bond acceptors (Lipinski definition) is 3. The Hall–Kier alpha value is -2.56. The molecule has 3 rings (SSSR count). The summed E-state index contributed by atoms with van der Waals surface area (Å²) in [6, 6.07) is 9.59. The number of benzene rings is 1. The van der Waals surface area contributed by atoms with Gasteiger partial charge >= 0.3 is 5.97 Å². The first-order chi connectivity index (χ1) is 10.2. The molecule has 108 valence electrons. The molecule has 3 aromatic rings. The van der Waals surface area contributed by atoms with Gasteiger partial charge in [-0.15, -0.1) is 0 Å². The molecule has 5 heteroatoms. The second-order valence-corrected chi connectivity index (χ2v) is 4.93. The van der Waals surface area contributed by atoms with Gasteiger partial charge in [0.2, 0.25) is 5.76 Å². The van der Waals surface area contributed by atoms with Crippen molar-refractivity contribution in [2.75, 3.05) is 0 Å². The van der Waals surface area contributed by atoms with E-state index in [4.69, 9.17) is 9.52 Å². The van der Waals surface area contributed by atoms with Gasteiger partial charge in [0.1, 0.15) is 5.82 Å². The van der Waals surface area contributed by atoms with Crippen molar-refractivity contribution in [2.24, 2.45) is 0 Å². The molecule has 2 aromatic heterocycles. The van der Waals surface area contributed by atoms with Crippen LogP contribution >= 0.6 is 0 Å². The standard InChI is InChI=1S/C16H16N2O3/c1-2-5-14-17-12-6-3-4-7-13(12)18(14)10-11-8-9-21-15(11)16(19)20/h3-4,6-9H,2,5,10H2,1H3,(H,19,20). The fraction of sp³-hybridized carbons (Fsp3) is 0.250. The van der Waals surface area contributed by atoms with E-state index < -0.39 is 5.97 Å². The largest absolute Gasteiger partial charge is 0.475 e. The smallest absolute Gasteiger partial charge is 0.372 e. The molecule has 5 nitrogen and oxygen atoms in total. The van der Waals surface area contributed by atoms with Crippen LogP contribution in [0.4, 0.5) is 0 Å². The first kappa shape index (κ1) is 13.4. The molecule has 0 radical (unpaired) electrons. The lowest BCUT2D eigenvalue weighted by molar-refractivity contribution is 0.0660. The van der Waals surface area contributed by atoms with E-state index in [9.17, 15) is 4.79 Å². The van der Waals surface area contributed by atoms with Gasteiger partial charge in [-0.1, -0.05) is 19.1 Å². The van der Waals surface area contributed by atoms with Crippen molar-refractivity contribution in [3.63, 3.8) is 0 Å². The van der Waals surface area contributed by atoms with E-state index >= 15 is 0 Å². The van der Waals surface area contributed by atoms with Crippen molar-refractivity contribution >= 4 is 17.0 Å². The number of nitrogens with zero attached hydrogens (tertiary/aromatic N) is 2. The van der Waals surface area contributed by atoms with Gasteiger partial charge in [-0.3, -0.25) is 0 Å². The Balaban J connectivity index is 2.08. The molecule has 21 heavy (non-hydrogen) atoms. The van der Waals surface area contributed by atoms with Crippen LogP contribution in [0.15, 0.2) is 41.0 Å². The van der Waals surface area contributed by atoms with Gasteiger partial charge in [0, 0.05) is 12.0 Å². The van der Waals surface area contributed by atoms with E-state index in [1.807, 2.05) is 24.3 Å². The van der Waals surface area contributed by atoms with Gasteiger partial charge in [0.05, 0.1) is 23.8 Å². The number of hydrogen-bond donors (Lipinski definition) is 1. The van der Waals surface area contributed by atoms with E-state index in [1.165, 1.54) is 6.26 Å². The molecule has 2 heterocycles. The van der Waals surface area contributed by atoms with Gasteiger partial charge in [-0.25, -0.2) is 9.78 Å². The van der Waals surface area contributed by atoms with Crippen LogP contribution in [0, 0.1) is 0 Å². The Morgan fingerprint density at radius 1 is 1.33 bits per heavy atom. The maximum Gasteiger partial charge on any atom is 0.372 e. The van der Waals surface area contributed by atoms with Gasteiger partial charge < -0.3 is 14.1 Å². The second kappa shape index (κ2) is 5.44. The minimum absolute atomic E-state index is 0.00442. The molecule has 1 N–H and O–H groups in total. The molecule has 0 saturated carbocycles. The molecule has 1 aromatic carbocycles. The summed E-state index contributed by atoms with van der Waals surface area (Å²) in [5.41, 5.74) is 2.60. The predicted molar refractivity (Wildman–Crippen MR) is 78.5 cm³/mol. The van der Waals surface area contributed by atoms with Crippen LogP contribution < -0.4 is 0 Å². The molecule has 0 bridgehead atoms. The third-order valence-corrected chi connectivity index (χ3v) is 3.48. The van der Waals surface area contributed by atoms with Crippen LogP contribution in [0.5, 0.6) is 0 Å². The molecule has 0 amide bonds. The number of furan rings is 1. The number of carboxylic acid groups (broad SMARTS) is 1. The molecule has 0 aliphatic rings. The zero-order chi connectivity index (χ0) is 14.8. The average Bonchev–Trinajstić information content (AvgIpc) is 3.06. The monoisotopic (exact) mass is 284 g/mol. The number of rotatable bonds is 5. The fourth-order valence-electron chi connectivity index (χ4n) is 2.53. The van der Waals surface area contributed by atoms with Crippen molar-refractivity contribution in [3.05, 3.63) is 53.7 Å². The van der Waals surface area contributed by atoms with Crippen molar-refractivity contribution < 1.29 is 14.3 Å². The molecular formula is C16H16N2O3. The Morgan fingerprint density at radius 2 is 2.14 bits per heavy atom. The van der Waals surface area contributed by atoms with Gasteiger partial charge in [-0.2, -0.15) is 0 Å². The van der Waals surface area contributed by atoms with Crippen LogP contribution in [0.1, 0.15) is 35.3 Å². The number of para-hydroxylation sites is 2. The van der Waals surface area contributed by atoms with Crippen molar-refractivity contribution in [2.45, 2.75) is 26.3 Å². The van der Waals surface area contributed by atoms with Crippen LogP contribution in [-0.4, -0.2) is 20.6 Å². The highest BCUT2D eigenvalue weighted by atomic mass is 16.4. The van der Waals surface area contributed by atoms with Crippen LogP contribution in [0.25, 0.3) is 11.0 Å². The Morgan fingerprint density at radius 3 is 2.90 bits per heavy atom. The van der Waals surface area contributed by atoms with Crippen molar-refractivity contribution in [1.29, 1.82) is 0 Å². The predicted octanol–water partition coefficient (Wildman–Crippen LogP) is 3.33. The zero-order valence-electron chi connectivity index (χ0n) is 11.7. The maximum atomic E-state index is 11.2. The highest BCUT2D eigenvalue weighted by Crippen LogP contribution is 2.21. The van der Waals surface area contributed by atoms with E-state index in [-0.39, 0.29) is 5.76 Å². The van der Waals surface area contributed by atoms with Crippen molar-refractivity contribution in [3.8, 4) is 0 Å². The minimum Gasteiger partial charge on any atom is -0.475 e. The maximum absolute atomic E-state index is 11.2. The summed E-state index contributed by atoms with van der Waals surface area (Å²) >= 11 is 0. The van der Waals surface area contributed by atoms with Gasteiger partial charge in [0.25, 0.3) is 0 Å². The number of aromatic carboxylic acids is 1. The normalized spacial score (nSPS) is 11.1. The Bertz CT molecular complexity index is 786. The molecular weight excluding hydrogens is 268 g/mol. The molecule has 0 saturated heterocycles. The van der Waals surface area contributed by atoms with E-state index in [2.05, 4.69) is 16.5 Å². The van der Waals surface area contributed by atoms with Crippen LogP contribution in [0.3, 0.4) is 0 Å². The Labute approximate surface area is 121 Å². The SMILES string of the molecule is CCCc1nc2ccccc2n1Cc1ccoc1C(=O)O. The fourth-order valence-corrected chi connectivity index (χ4v) is 2.53. The summed E-state index contributed by atoms with van der Waals surface area (Å²) in [5, 5.41) is 9.15.